The minimum atomic E-state index is -0.214. The molecule has 0 bridgehead atoms. The molecule has 0 aromatic rings. The van der Waals surface area contributed by atoms with Crippen LogP contribution in [-0.2, 0) is 19.1 Å². The Kier molecular flexibility index (Phi) is 3.90. The quantitative estimate of drug-likeness (QED) is 0.681. The van der Waals surface area contributed by atoms with E-state index in [2.05, 4.69) is 0 Å². The number of likely N-dealkylation sites (tertiary alicyclic amines) is 1. The van der Waals surface area contributed by atoms with E-state index in [4.69, 9.17) is 9.47 Å². The number of amides is 1. The number of carbonyl (C=O) groups is 2. The molecule has 0 spiro atoms. The van der Waals surface area contributed by atoms with Gasteiger partial charge >= 0.3 is 5.97 Å². The second kappa shape index (κ2) is 5.26. The van der Waals surface area contributed by atoms with E-state index in [1.165, 1.54) is 7.11 Å². The van der Waals surface area contributed by atoms with Gasteiger partial charge in [-0.2, -0.15) is 0 Å². The summed E-state index contributed by atoms with van der Waals surface area (Å²) in [5.74, 6) is -0.157. The van der Waals surface area contributed by atoms with E-state index in [0.717, 1.165) is 6.42 Å². The zero-order chi connectivity index (χ0) is 13.3. The summed E-state index contributed by atoms with van der Waals surface area (Å²) in [5.41, 5.74) is 0. The highest BCUT2D eigenvalue weighted by Gasteiger charge is 2.41. The topological polar surface area (TPSA) is 55.8 Å². The number of rotatable bonds is 2. The zero-order valence-corrected chi connectivity index (χ0v) is 11.2. The smallest absolute Gasteiger partial charge is 0.310 e. The van der Waals surface area contributed by atoms with Crippen molar-refractivity contribution in [1.82, 2.24) is 4.90 Å². The van der Waals surface area contributed by atoms with Crippen LogP contribution >= 0.6 is 0 Å². The normalized spacial score (nSPS) is 35.8. The molecule has 2 aliphatic heterocycles. The molecule has 0 N–H and O–H groups in total. The standard InChI is InChI=1S/C13H21NO4/c1-8-6-14(7-11(8)13(16)17-3)12(15)10-4-5-18-9(10)2/h8-11H,4-7H2,1-3H3. The maximum atomic E-state index is 12.4. The Morgan fingerprint density at radius 3 is 2.50 bits per heavy atom. The molecule has 0 saturated carbocycles. The first-order valence-corrected chi connectivity index (χ1v) is 6.52. The Morgan fingerprint density at radius 2 is 1.94 bits per heavy atom. The first kappa shape index (κ1) is 13.3. The van der Waals surface area contributed by atoms with E-state index in [9.17, 15) is 9.59 Å². The van der Waals surface area contributed by atoms with Crippen LogP contribution in [0.1, 0.15) is 20.3 Å². The van der Waals surface area contributed by atoms with Crippen LogP contribution in [0.3, 0.4) is 0 Å². The molecule has 4 atom stereocenters. The molecule has 4 unspecified atom stereocenters. The zero-order valence-electron chi connectivity index (χ0n) is 11.2. The summed E-state index contributed by atoms with van der Waals surface area (Å²) in [6.07, 6.45) is 0.776. The van der Waals surface area contributed by atoms with Crippen molar-refractivity contribution in [1.29, 1.82) is 0 Å². The van der Waals surface area contributed by atoms with E-state index in [1.54, 1.807) is 4.90 Å². The average Bonchev–Trinajstić information content (AvgIpc) is 2.93. The third kappa shape index (κ3) is 2.36. The summed E-state index contributed by atoms with van der Waals surface area (Å²) >= 11 is 0. The van der Waals surface area contributed by atoms with Crippen LogP contribution in [0.4, 0.5) is 0 Å². The lowest BCUT2D eigenvalue weighted by atomic mass is 9.99. The molecule has 2 aliphatic rings. The second-order valence-electron chi connectivity index (χ2n) is 5.32. The maximum absolute atomic E-state index is 12.4. The van der Waals surface area contributed by atoms with Crippen LogP contribution in [-0.4, -0.2) is 49.7 Å². The van der Waals surface area contributed by atoms with E-state index < -0.39 is 0 Å². The van der Waals surface area contributed by atoms with Gasteiger partial charge in [0.25, 0.3) is 0 Å². The molecule has 2 heterocycles. The predicted molar refractivity (Wildman–Crippen MR) is 64.8 cm³/mol. The molecular weight excluding hydrogens is 234 g/mol. The molecule has 1 amide bonds. The van der Waals surface area contributed by atoms with Crippen molar-refractivity contribution in [2.24, 2.45) is 17.8 Å². The van der Waals surface area contributed by atoms with Gasteiger partial charge in [0.15, 0.2) is 0 Å². The summed E-state index contributed by atoms with van der Waals surface area (Å²) in [4.78, 5) is 25.7. The van der Waals surface area contributed by atoms with Crippen molar-refractivity contribution in [3.63, 3.8) is 0 Å². The molecule has 2 saturated heterocycles. The van der Waals surface area contributed by atoms with Gasteiger partial charge in [0, 0.05) is 19.7 Å². The van der Waals surface area contributed by atoms with Gasteiger partial charge < -0.3 is 14.4 Å². The van der Waals surface area contributed by atoms with Gasteiger partial charge in [-0.05, 0) is 19.3 Å². The first-order chi connectivity index (χ1) is 8.54. The Hall–Kier alpha value is -1.10. The molecule has 5 nitrogen and oxygen atoms in total. The van der Waals surface area contributed by atoms with E-state index in [0.29, 0.717) is 19.7 Å². The Balaban J connectivity index is 1.99. The Morgan fingerprint density at radius 1 is 1.22 bits per heavy atom. The molecule has 0 radical (unpaired) electrons. The van der Waals surface area contributed by atoms with Crippen LogP contribution in [0.5, 0.6) is 0 Å². The minimum Gasteiger partial charge on any atom is -0.469 e. The van der Waals surface area contributed by atoms with Crippen LogP contribution in [0.15, 0.2) is 0 Å². The number of carbonyl (C=O) groups excluding carboxylic acids is 2. The number of methoxy groups -OCH3 is 1. The molecule has 2 rings (SSSR count). The average molecular weight is 255 g/mol. The lowest BCUT2D eigenvalue weighted by molar-refractivity contribution is -0.146. The molecule has 2 fully saturated rings. The largest absolute Gasteiger partial charge is 0.469 e. The first-order valence-electron chi connectivity index (χ1n) is 6.52. The lowest BCUT2D eigenvalue weighted by Crippen LogP contribution is -2.37. The SMILES string of the molecule is COC(=O)C1CN(C(=O)C2CCOC2C)CC1C. The second-order valence-corrected chi connectivity index (χ2v) is 5.32. The highest BCUT2D eigenvalue weighted by Crippen LogP contribution is 2.29. The summed E-state index contributed by atoms with van der Waals surface area (Å²) in [5, 5.41) is 0. The third-order valence-corrected chi connectivity index (χ3v) is 4.12. The van der Waals surface area contributed by atoms with E-state index in [-0.39, 0.29) is 35.7 Å². The van der Waals surface area contributed by atoms with Gasteiger partial charge in [-0.3, -0.25) is 9.59 Å². The van der Waals surface area contributed by atoms with Gasteiger partial charge in [0.1, 0.15) is 0 Å². The van der Waals surface area contributed by atoms with E-state index in [1.807, 2.05) is 13.8 Å². The monoisotopic (exact) mass is 255 g/mol. The van der Waals surface area contributed by atoms with E-state index >= 15 is 0 Å². The van der Waals surface area contributed by atoms with Gasteiger partial charge in [-0.15, -0.1) is 0 Å². The number of hydrogen-bond donors (Lipinski definition) is 0. The summed E-state index contributed by atoms with van der Waals surface area (Å²) < 4.78 is 10.2. The fourth-order valence-corrected chi connectivity index (χ4v) is 2.90. The number of esters is 1. The van der Waals surface area contributed by atoms with Crippen molar-refractivity contribution in [3.05, 3.63) is 0 Å². The predicted octanol–water partition coefficient (Wildman–Crippen LogP) is 0.679. The molecule has 5 heteroatoms. The number of hydrogen-bond acceptors (Lipinski definition) is 4. The van der Waals surface area contributed by atoms with Gasteiger partial charge in [0.2, 0.25) is 5.91 Å². The van der Waals surface area contributed by atoms with Gasteiger partial charge in [-0.25, -0.2) is 0 Å². The van der Waals surface area contributed by atoms with Crippen molar-refractivity contribution in [2.75, 3.05) is 26.8 Å². The molecular formula is C13H21NO4. The summed E-state index contributed by atoms with van der Waals surface area (Å²) in [6.45, 7) is 5.70. The Bertz CT molecular complexity index is 344. The van der Waals surface area contributed by atoms with Crippen molar-refractivity contribution < 1.29 is 19.1 Å². The summed E-state index contributed by atoms with van der Waals surface area (Å²) in [6, 6.07) is 0. The van der Waals surface area contributed by atoms with Crippen LogP contribution in [0, 0.1) is 17.8 Å². The van der Waals surface area contributed by atoms with Crippen molar-refractivity contribution in [2.45, 2.75) is 26.4 Å². The number of ether oxygens (including phenoxy) is 2. The minimum absolute atomic E-state index is 0.00928. The molecule has 0 aromatic carbocycles. The molecule has 102 valence electrons. The number of nitrogens with zero attached hydrogens (tertiary/aromatic N) is 1. The third-order valence-electron chi connectivity index (χ3n) is 4.12. The highest BCUT2D eigenvalue weighted by atomic mass is 16.5. The summed E-state index contributed by atoms with van der Waals surface area (Å²) in [7, 11) is 1.40. The Labute approximate surface area is 107 Å². The van der Waals surface area contributed by atoms with Gasteiger partial charge in [-0.1, -0.05) is 6.92 Å². The lowest BCUT2D eigenvalue weighted by Gasteiger charge is -2.22. The van der Waals surface area contributed by atoms with Crippen LogP contribution in [0.25, 0.3) is 0 Å². The van der Waals surface area contributed by atoms with Crippen molar-refractivity contribution in [3.8, 4) is 0 Å². The van der Waals surface area contributed by atoms with Crippen LogP contribution in [0.2, 0.25) is 0 Å². The molecule has 0 aliphatic carbocycles. The fraction of sp³-hybridized carbons (Fsp3) is 0.846. The molecule has 18 heavy (non-hydrogen) atoms. The molecule has 0 aromatic heterocycles. The maximum Gasteiger partial charge on any atom is 0.310 e. The van der Waals surface area contributed by atoms with Crippen molar-refractivity contribution >= 4 is 11.9 Å². The van der Waals surface area contributed by atoms with Gasteiger partial charge in [0.05, 0.1) is 25.0 Å². The fourth-order valence-electron chi connectivity index (χ4n) is 2.90. The highest BCUT2D eigenvalue weighted by molar-refractivity contribution is 5.82. The van der Waals surface area contributed by atoms with Crippen LogP contribution < -0.4 is 0 Å².